The van der Waals surface area contributed by atoms with E-state index < -0.39 is 35.6 Å². The molecular weight excluding hydrogens is 542 g/mol. The van der Waals surface area contributed by atoms with Gasteiger partial charge in [0.2, 0.25) is 5.91 Å². The molecule has 8 nitrogen and oxygen atoms in total. The van der Waals surface area contributed by atoms with Crippen molar-refractivity contribution in [3.63, 3.8) is 0 Å². The molecular formula is C35H47N3O5. The lowest BCUT2D eigenvalue weighted by molar-refractivity contribution is -0.142. The maximum atomic E-state index is 14.5. The predicted molar refractivity (Wildman–Crippen MR) is 172 cm³/mol. The molecule has 3 aromatic rings. The summed E-state index contributed by atoms with van der Waals surface area (Å²) in [5, 5.41) is 18.7. The minimum absolute atomic E-state index is 0.0901. The first-order valence-corrected chi connectivity index (χ1v) is 15.3. The molecule has 3 amide bonds. The zero-order valence-corrected chi connectivity index (χ0v) is 26.4. The van der Waals surface area contributed by atoms with Gasteiger partial charge in [-0.15, -0.1) is 0 Å². The van der Waals surface area contributed by atoms with E-state index in [0.717, 1.165) is 30.0 Å². The van der Waals surface area contributed by atoms with E-state index in [1.165, 1.54) is 11.0 Å². The van der Waals surface area contributed by atoms with Gasteiger partial charge in [-0.2, -0.15) is 0 Å². The number of aromatic hydroxyl groups is 1. The van der Waals surface area contributed by atoms with E-state index in [1.54, 1.807) is 39.0 Å². The van der Waals surface area contributed by atoms with Crippen molar-refractivity contribution in [3.8, 4) is 5.75 Å². The summed E-state index contributed by atoms with van der Waals surface area (Å²) in [6.07, 6.45) is 3.43. The van der Waals surface area contributed by atoms with Crippen molar-refractivity contribution in [3.05, 3.63) is 72.3 Å². The normalized spacial score (nSPS) is 13.5. The second-order valence-corrected chi connectivity index (χ2v) is 12.1. The number of carbonyl (C=O) groups is 3. The molecule has 8 heteroatoms. The van der Waals surface area contributed by atoms with Crippen LogP contribution in [0.15, 0.2) is 66.7 Å². The van der Waals surface area contributed by atoms with Crippen molar-refractivity contribution in [1.29, 1.82) is 0 Å². The lowest BCUT2D eigenvalue weighted by Gasteiger charge is -2.36. The van der Waals surface area contributed by atoms with E-state index in [0.29, 0.717) is 24.1 Å². The van der Waals surface area contributed by atoms with Crippen molar-refractivity contribution < 1.29 is 24.2 Å². The first kappa shape index (κ1) is 33.4. The van der Waals surface area contributed by atoms with Gasteiger partial charge in [0.1, 0.15) is 23.4 Å². The first-order chi connectivity index (χ1) is 20.4. The van der Waals surface area contributed by atoms with Crippen LogP contribution in [0.3, 0.4) is 0 Å². The molecule has 232 valence electrons. The Balaban J connectivity index is 2.05. The highest BCUT2D eigenvalue weighted by molar-refractivity contribution is 6.00. The number of nitrogens with zero attached hydrogens (tertiary/aromatic N) is 1. The number of amides is 3. The highest BCUT2D eigenvalue weighted by Crippen LogP contribution is 2.32. The minimum atomic E-state index is -1.14. The van der Waals surface area contributed by atoms with E-state index in [-0.39, 0.29) is 18.2 Å². The predicted octanol–water partition coefficient (Wildman–Crippen LogP) is 7.57. The zero-order chi connectivity index (χ0) is 31.6. The molecule has 0 aliphatic rings. The number of ether oxygens (including phenoxy) is 1. The number of fused-ring (bicyclic) bond motifs is 1. The van der Waals surface area contributed by atoms with E-state index in [9.17, 15) is 19.5 Å². The van der Waals surface area contributed by atoms with Crippen LogP contribution in [0.1, 0.15) is 85.3 Å². The summed E-state index contributed by atoms with van der Waals surface area (Å²) in [5.74, 6) is -1.20. The number of phenolic OH excluding ortho intramolecular Hbond substituents is 1. The highest BCUT2D eigenvalue weighted by atomic mass is 16.6. The van der Waals surface area contributed by atoms with Crippen molar-refractivity contribution in [2.24, 2.45) is 5.92 Å². The van der Waals surface area contributed by atoms with Crippen LogP contribution in [0.4, 0.5) is 10.5 Å². The van der Waals surface area contributed by atoms with E-state index in [1.807, 2.05) is 56.3 Å². The highest BCUT2D eigenvalue weighted by Gasteiger charge is 2.39. The molecule has 0 aromatic heterocycles. The van der Waals surface area contributed by atoms with Crippen molar-refractivity contribution >= 4 is 34.4 Å². The average Bonchev–Trinajstić information content (AvgIpc) is 2.96. The number of nitrogens with one attached hydrogen (secondary N) is 2. The lowest BCUT2D eigenvalue weighted by atomic mass is 9.95. The van der Waals surface area contributed by atoms with Crippen LogP contribution in [0.5, 0.6) is 5.75 Å². The Hall–Kier alpha value is -4.07. The molecule has 0 bridgehead atoms. The van der Waals surface area contributed by atoms with Gasteiger partial charge in [-0.1, -0.05) is 95.0 Å². The summed E-state index contributed by atoms with van der Waals surface area (Å²) < 4.78 is 5.49. The molecule has 43 heavy (non-hydrogen) atoms. The smallest absolute Gasteiger partial charge is 0.408 e. The third-order valence-corrected chi connectivity index (χ3v) is 7.50. The number of hydrogen-bond donors (Lipinski definition) is 3. The molecule has 3 rings (SSSR count). The van der Waals surface area contributed by atoms with Crippen LogP contribution < -0.4 is 10.6 Å². The average molecular weight is 590 g/mol. The molecule has 0 aliphatic heterocycles. The number of benzene rings is 3. The fourth-order valence-electron chi connectivity index (χ4n) is 5.02. The monoisotopic (exact) mass is 589 g/mol. The van der Waals surface area contributed by atoms with Crippen LogP contribution in [0, 0.1) is 5.92 Å². The van der Waals surface area contributed by atoms with Crippen molar-refractivity contribution in [2.45, 2.75) is 91.3 Å². The fourth-order valence-corrected chi connectivity index (χ4v) is 5.02. The minimum Gasteiger partial charge on any atom is -0.508 e. The maximum absolute atomic E-state index is 14.5. The quantitative estimate of drug-likeness (QED) is 0.178. The third-order valence-electron chi connectivity index (χ3n) is 7.50. The van der Waals surface area contributed by atoms with Crippen LogP contribution >= 0.6 is 0 Å². The topological polar surface area (TPSA) is 108 Å². The molecule has 0 fully saturated rings. The third kappa shape index (κ3) is 9.46. The largest absolute Gasteiger partial charge is 0.508 e. The van der Waals surface area contributed by atoms with Gasteiger partial charge in [-0.3, -0.25) is 9.59 Å². The molecule has 3 aromatic carbocycles. The number of rotatable bonds is 13. The van der Waals surface area contributed by atoms with Gasteiger partial charge < -0.3 is 25.4 Å². The number of para-hydroxylation sites is 1. The van der Waals surface area contributed by atoms with Crippen molar-refractivity contribution in [1.82, 2.24) is 10.2 Å². The molecule has 3 N–H and O–H groups in total. The van der Waals surface area contributed by atoms with Gasteiger partial charge in [0.15, 0.2) is 0 Å². The second kappa shape index (κ2) is 15.4. The number of alkyl carbamates (subject to hydrolysis) is 1. The second-order valence-electron chi connectivity index (χ2n) is 12.1. The standard InChI is InChI=1S/C35H47N3O5/c1-7-9-10-15-22-38(33(41)30(24(3)8-2)37-34(42)43-35(4,5)6)31(28-18-13-14-19-29(28)39)32(40)36-27-21-20-25-16-11-12-17-26(25)23-27/h11-14,16-21,23-24,30-31,39H,7-10,15,22H2,1-6H3,(H,36,40)(H,37,42). The Bertz CT molecular complexity index is 1380. The molecule has 0 saturated heterocycles. The number of hydrogen-bond acceptors (Lipinski definition) is 5. The number of carbonyl (C=O) groups excluding carboxylic acids is 3. The first-order valence-electron chi connectivity index (χ1n) is 15.3. The molecule has 0 spiro atoms. The molecule has 0 radical (unpaired) electrons. The van der Waals surface area contributed by atoms with E-state index in [2.05, 4.69) is 17.6 Å². The Morgan fingerprint density at radius 3 is 2.23 bits per heavy atom. The summed E-state index contributed by atoms with van der Waals surface area (Å²) in [4.78, 5) is 43.0. The van der Waals surface area contributed by atoms with Crippen LogP contribution in [0.25, 0.3) is 10.8 Å². The Kier molecular flexibility index (Phi) is 12.0. The van der Waals surface area contributed by atoms with Crippen LogP contribution in [-0.2, 0) is 14.3 Å². The molecule has 0 aliphatic carbocycles. The van der Waals surface area contributed by atoms with Crippen molar-refractivity contribution in [2.75, 3.05) is 11.9 Å². The molecule has 3 atom stereocenters. The molecule has 3 unspecified atom stereocenters. The Labute approximate surface area is 255 Å². The van der Waals surface area contributed by atoms with Gasteiger partial charge >= 0.3 is 6.09 Å². The molecule has 0 saturated carbocycles. The van der Waals surface area contributed by atoms with Gasteiger partial charge in [-0.25, -0.2) is 4.79 Å². The Morgan fingerprint density at radius 1 is 0.907 bits per heavy atom. The zero-order valence-electron chi connectivity index (χ0n) is 26.4. The Morgan fingerprint density at radius 2 is 1.58 bits per heavy atom. The lowest BCUT2D eigenvalue weighted by Crippen LogP contribution is -2.55. The van der Waals surface area contributed by atoms with E-state index >= 15 is 0 Å². The van der Waals surface area contributed by atoms with Crippen LogP contribution in [0.2, 0.25) is 0 Å². The summed E-state index contributed by atoms with van der Waals surface area (Å²) in [6.45, 7) is 11.5. The maximum Gasteiger partial charge on any atom is 0.408 e. The number of unbranched alkanes of at least 4 members (excludes halogenated alkanes) is 3. The van der Waals surface area contributed by atoms with Gasteiger partial charge in [0.05, 0.1) is 0 Å². The summed E-state index contributed by atoms with van der Waals surface area (Å²) >= 11 is 0. The SMILES string of the molecule is CCCCCCN(C(=O)C(NC(=O)OC(C)(C)C)C(C)CC)C(C(=O)Nc1ccc2ccccc2c1)c1ccccc1O. The summed E-state index contributed by atoms with van der Waals surface area (Å²) in [6, 6.07) is 18.0. The summed E-state index contributed by atoms with van der Waals surface area (Å²) in [7, 11) is 0. The number of anilines is 1. The van der Waals surface area contributed by atoms with Crippen LogP contribution in [-0.4, -0.2) is 46.1 Å². The van der Waals surface area contributed by atoms with Gasteiger partial charge in [-0.05, 0) is 62.1 Å². The van der Waals surface area contributed by atoms with Gasteiger partial charge in [0, 0.05) is 17.8 Å². The molecule has 0 heterocycles. The fraction of sp³-hybridized carbons (Fsp3) is 0.457. The van der Waals surface area contributed by atoms with E-state index in [4.69, 9.17) is 4.74 Å². The summed E-state index contributed by atoms with van der Waals surface area (Å²) in [5.41, 5.74) is 0.142. The van der Waals surface area contributed by atoms with Gasteiger partial charge in [0.25, 0.3) is 5.91 Å². The number of phenols is 1.